The molecule has 0 aliphatic rings. The van der Waals surface area contributed by atoms with Gasteiger partial charge in [0.25, 0.3) is 0 Å². The first kappa shape index (κ1) is 22.8. The average Bonchev–Trinajstić information content (AvgIpc) is 3.14. The molecule has 7 rings (SSSR count). The number of hydrogen-bond acceptors (Lipinski definition) is 4. The second kappa shape index (κ2) is 9.19. The topological polar surface area (TPSA) is 51.8 Å². The summed E-state index contributed by atoms with van der Waals surface area (Å²) in [5.74, 6) is 2.55. The number of aromatic nitrogens is 3. The molecule has 4 nitrogen and oxygen atoms in total. The van der Waals surface area contributed by atoms with Crippen molar-refractivity contribution in [2.45, 2.75) is 0 Å². The highest BCUT2D eigenvalue weighted by Crippen LogP contribution is 2.37. The van der Waals surface area contributed by atoms with Gasteiger partial charge in [0.05, 0.1) is 0 Å². The van der Waals surface area contributed by atoms with Crippen LogP contribution in [0.1, 0.15) is 5.76 Å². The SMILES string of the molecule is C=Cc1oc2ccc(-c3nc(-c4ccccc4)nc(-c4ccccc4)n3)c3cccc(c4cccc(=C)c14)c23. The van der Waals surface area contributed by atoms with E-state index in [-0.39, 0.29) is 0 Å². The minimum atomic E-state index is 0.606. The van der Waals surface area contributed by atoms with Crippen molar-refractivity contribution in [1.82, 2.24) is 15.0 Å². The molecule has 7 aromatic rings. The number of fused-ring (bicyclic) bond motifs is 2. The van der Waals surface area contributed by atoms with Crippen LogP contribution in [-0.4, -0.2) is 15.0 Å². The highest BCUT2D eigenvalue weighted by Gasteiger charge is 2.17. The Morgan fingerprint density at radius 2 is 1.10 bits per heavy atom. The van der Waals surface area contributed by atoms with Crippen LogP contribution in [0.4, 0.5) is 0 Å². The zero-order valence-electron chi connectivity index (χ0n) is 21.1. The van der Waals surface area contributed by atoms with Crippen molar-refractivity contribution in [1.29, 1.82) is 0 Å². The van der Waals surface area contributed by atoms with Crippen LogP contribution in [-0.2, 0) is 0 Å². The van der Waals surface area contributed by atoms with Gasteiger partial charge in [0.2, 0.25) is 0 Å². The smallest absolute Gasteiger partial charge is 0.164 e. The van der Waals surface area contributed by atoms with Gasteiger partial charge in [-0.25, -0.2) is 15.0 Å². The molecule has 4 heteroatoms. The van der Waals surface area contributed by atoms with Gasteiger partial charge in [-0.05, 0) is 39.6 Å². The van der Waals surface area contributed by atoms with Crippen LogP contribution in [0.25, 0.3) is 79.3 Å². The molecule has 39 heavy (non-hydrogen) atoms. The van der Waals surface area contributed by atoms with E-state index in [1.54, 1.807) is 6.08 Å². The minimum absolute atomic E-state index is 0.606. The number of hydrogen-bond donors (Lipinski definition) is 0. The Bertz CT molecular complexity index is 2040. The maximum Gasteiger partial charge on any atom is 0.164 e. The minimum Gasteiger partial charge on any atom is -0.456 e. The molecule has 0 bridgehead atoms. The van der Waals surface area contributed by atoms with Gasteiger partial charge in [-0.2, -0.15) is 0 Å². The van der Waals surface area contributed by atoms with E-state index >= 15 is 0 Å². The van der Waals surface area contributed by atoms with Crippen molar-refractivity contribution in [3.05, 3.63) is 127 Å². The van der Waals surface area contributed by atoms with Gasteiger partial charge in [-0.3, -0.25) is 0 Å². The van der Waals surface area contributed by atoms with E-state index in [0.717, 1.165) is 54.4 Å². The van der Waals surface area contributed by atoms with Crippen molar-refractivity contribution >= 4 is 45.2 Å². The normalized spacial score (nSPS) is 11.3. The molecule has 0 aliphatic carbocycles. The first-order valence-electron chi connectivity index (χ1n) is 12.8. The van der Waals surface area contributed by atoms with Gasteiger partial charge < -0.3 is 4.42 Å². The van der Waals surface area contributed by atoms with Crippen molar-refractivity contribution in [2.24, 2.45) is 0 Å². The van der Waals surface area contributed by atoms with Gasteiger partial charge in [0, 0.05) is 27.5 Å². The molecule has 2 heterocycles. The molecule has 0 N–H and O–H groups in total. The summed E-state index contributed by atoms with van der Waals surface area (Å²) in [4.78, 5) is 14.8. The summed E-state index contributed by atoms with van der Waals surface area (Å²) in [6.07, 6.45) is 1.75. The fraction of sp³-hybridized carbons (Fsp3) is 0. The molecule has 0 amide bonds. The van der Waals surface area contributed by atoms with E-state index in [4.69, 9.17) is 19.4 Å². The molecule has 0 aliphatic heterocycles. The van der Waals surface area contributed by atoms with Gasteiger partial charge in [0.1, 0.15) is 11.3 Å². The summed E-state index contributed by atoms with van der Waals surface area (Å²) >= 11 is 0. The standard InChI is InChI=1S/C35H23N3O/c1-3-29-31-22(2)12-10-17-25(31)26-18-11-19-27-28(20-21-30(39-29)32(26)27)35-37-33(23-13-6-4-7-14-23)36-34(38-35)24-15-8-5-9-16-24/h3-21H,1-2H2. The second-order valence-electron chi connectivity index (χ2n) is 9.39. The van der Waals surface area contributed by atoms with Crippen molar-refractivity contribution in [3.8, 4) is 34.2 Å². The number of rotatable bonds is 4. The van der Waals surface area contributed by atoms with E-state index in [1.807, 2.05) is 84.9 Å². The largest absolute Gasteiger partial charge is 0.456 e. The lowest BCUT2D eigenvalue weighted by Gasteiger charge is -2.11. The van der Waals surface area contributed by atoms with Crippen molar-refractivity contribution in [2.75, 3.05) is 0 Å². The summed E-state index contributed by atoms with van der Waals surface area (Å²) in [5.41, 5.74) is 3.53. The Hall–Kier alpha value is -5.35. The van der Waals surface area contributed by atoms with Crippen LogP contribution >= 0.6 is 0 Å². The molecule has 0 unspecified atom stereocenters. The molecular formula is C35H23N3O. The monoisotopic (exact) mass is 501 g/mol. The molecule has 0 radical (unpaired) electrons. The molecule has 184 valence electrons. The maximum absolute atomic E-state index is 6.47. The van der Waals surface area contributed by atoms with Crippen molar-refractivity contribution < 1.29 is 4.42 Å². The first-order chi connectivity index (χ1) is 19.2. The van der Waals surface area contributed by atoms with E-state index in [1.165, 1.54) is 0 Å². The second-order valence-corrected chi connectivity index (χ2v) is 9.39. The van der Waals surface area contributed by atoms with E-state index in [9.17, 15) is 0 Å². The molecule has 0 atom stereocenters. The van der Waals surface area contributed by atoms with Crippen LogP contribution in [0, 0.1) is 0 Å². The zero-order valence-corrected chi connectivity index (χ0v) is 21.1. The quantitative estimate of drug-likeness (QED) is 0.244. The summed E-state index contributed by atoms with van der Waals surface area (Å²) in [6, 6.07) is 36.5. The maximum atomic E-state index is 6.47. The van der Waals surface area contributed by atoms with Gasteiger partial charge in [-0.1, -0.05) is 110 Å². The summed E-state index contributed by atoms with van der Waals surface area (Å²) < 4.78 is 6.47. The van der Waals surface area contributed by atoms with Crippen LogP contribution < -0.4 is 5.22 Å². The van der Waals surface area contributed by atoms with Gasteiger partial charge >= 0.3 is 0 Å². The number of benzene rings is 5. The van der Waals surface area contributed by atoms with Gasteiger partial charge in [0.15, 0.2) is 17.5 Å². The van der Waals surface area contributed by atoms with Crippen LogP contribution in [0.5, 0.6) is 0 Å². The highest BCUT2D eigenvalue weighted by molar-refractivity contribution is 6.20. The lowest BCUT2D eigenvalue weighted by molar-refractivity contribution is 0.602. The van der Waals surface area contributed by atoms with Gasteiger partial charge in [-0.15, -0.1) is 0 Å². The molecular weight excluding hydrogens is 478 g/mol. The fourth-order valence-electron chi connectivity index (χ4n) is 5.24. The van der Waals surface area contributed by atoms with Crippen LogP contribution in [0.15, 0.2) is 120 Å². The lowest BCUT2D eigenvalue weighted by Crippen LogP contribution is -2.00. The zero-order chi connectivity index (χ0) is 26.3. The molecule has 5 aromatic carbocycles. The summed E-state index contributed by atoms with van der Waals surface area (Å²) in [5, 5.41) is 5.98. The lowest BCUT2D eigenvalue weighted by atomic mass is 9.97. The predicted molar refractivity (Wildman–Crippen MR) is 161 cm³/mol. The molecule has 0 spiro atoms. The third-order valence-electron chi connectivity index (χ3n) is 7.04. The third kappa shape index (κ3) is 3.82. The van der Waals surface area contributed by atoms with Crippen LogP contribution in [0.3, 0.4) is 0 Å². The first-order valence-corrected chi connectivity index (χ1v) is 12.8. The Labute approximate surface area is 225 Å². The number of nitrogens with zero attached hydrogens (tertiary/aromatic N) is 3. The molecule has 0 saturated heterocycles. The van der Waals surface area contributed by atoms with Crippen molar-refractivity contribution in [3.63, 3.8) is 0 Å². The Morgan fingerprint density at radius 1 is 0.538 bits per heavy atom. The fourth-order valence-corrected chi connectivity index (χ4v) is 5.24. The van der Waals surface area contributed by atoms with E-state index in [2.05, 4.69) is 37.4 Å². The van der Waals surface area contributed by atoms with Crippen LogP contribution in [0.2, 0.25) is 0 Å². The molecule has 2 aromatic heterocycles. The summed E-state index contributed by atoms with van der Waals surface area (Å²) in [6.45, 7) is 8.29. The Balaban J connectivity index is 1.58. The Morgan fingerprint density at radius 3 is 1.74 bits per heavy atom. The average molecular weight is 502 g/mol. The Kier molecular flexibility index (Phi) is 5.38. The summed E-state index contributed by atoms with van der Waals surface area (Å²) in [7, 11) is 0. The van der Waals surface area contributed by atoms with E-state index in [0.29, 0.717) is 23.2 Å². The van der Waals surface area contributed by atoms with E-state index < -0.39 is 0 Å². The third-order valence-corrected chi connectivity index (χ3v) is 7.04. The molecule has 0 fully saturated rings. The highest BCUT2D eigenvalue weighted by atomic mass is 16.3. The molecule has 0 saturated carbocycles. The predicted octanol–water partition coefficient (Wildman–Crippen LogP) is 8.26.